The summed E-state index contributed by atoms with van der Waals surface area (Å²) < 4.78 is 0. The SMILES string of the molecule is [Ir].[c-]1ccsc1-c1cc2c3c(cccc3n1)-c1ccccc1-2. The Morgan fingerprint density at radius 2 is 1.64 bits per heavy atom. The van der Waals surface area contributed by atoms with Crippen molar-refractivity contribution < 1.29 is 20.1 Å². The second-order valence-corrected chi connectivity index (χ2v) is 6.11. The number of nitrogens with zero attached hydrogens (tertiary/aromatic N) is 1. The first-order valence-electron chi connectivity index (χ1n) is 6.91. The van der Waals surface area contributed by atoms with Gasteiger partial charge < -0.3 is 4.98 Å². The summed E-state index contributed by atoms with van der Waals surface area (Å²) in [4.78, 5) is 5.94. The van der Waals surface area contributed by atoms with Crippen molar-refractivity contribution in [3.63, 3.8) is 0 Å². The molecule has 1 aliphatic rings. The first kappa shape index (κ1) is 13.8. The molecule has 0 spiro atoms. The van der Waals surface area contributed by atoms with Crippen LogP contribution in [0.2, 0.25) is 0 Å². The number of hydrogen-bond acceptors (Lipinski definition) is 2. The van der Waals surface area contributed by atoms with E-state index in [1.165, 1.54) is 27.6 Å². The molecule has 5 rings (SSSR count). The van der Waals surface area contributed by atoms with Crippen LogP contribution in [0.3, 0.4) is 0 Å². The summed E-state index contributed by atoms with van der Waals surface area (Å²) in [5.74, 6) is 0. The number of thiophene rings is 1. The minimum absolute atomic E-state index is 0. The minimum atomic E-state index is 0. The molecule has 107 valence electrons. The van der Waals surface area contributed by atoms with Gasteiger partial charge in [0.1, 0.15) is 0 Å². The van der Waals surface area contributed by atoms with E-state index in [0.29, 0.717) is 0 Å². The maximum absolute atomic E-state index is 4.84. The molecule has 0 saturated carbocycles. The molecule has 0 unspecified atom stereocenters. The quantitative estimate of drug-likeness (QED) is 0.295. The normalized spacial score (nSPS) is 11.3. The average Bonchev–Trinajstić information content (AvgIpc) is 3.16. The fourth-order valence-electron chi connectivity index (χ4n) is 3.17. The van der Waals surface area contributed by atoms with Crippen molar-refractivity contribution in [2.75, 3.05) is 0 Å². The largest absolute Gasteiger partial charge is 0.310 e. The van der Waals surface area contributed by atoms with E-state index < -0.39 is 0 Å². The summed E-state index contributed by atoms with van der Waals surface area (Å²) >= 11 is 1.68. The fourth-order valence-corrected chi connectivity index (χ4v) is 3.81. The number of aromatic nitrogens is 1. The summed E-state index contributed by atoms with van der Waals surface area (Å²) in [6.45, 7) is 0. The predicted octanol–water partition coefficient (Wildman–Crippen LogP) is 5.41. The van der Waals surface area contributed by atoms with Gasteiger partial charge in [0.05, 0.1) is 5.52 Å². The molecule has 2 aromatic heterocycles. The van der Waals surface area contributed by atoms with Crippen molar-refractivity contribution >= 4 is 22.2 Å². The molecule has 2 heterocycles. The van der Waals surface area contributed by atoms with E-state index in [1.54, 1.807) is 11.3 Å². The Balaban J connectivity index is 0.00000125. The Labute approximate surface area is 146 Å². The summed E-state index contributed by atoms with van der Waals surface area (Å²) in [6.07, 6.45) is 0. The zero-order chi connectivity index (χ0) is 13.8. The molecule has 0 fully saturated rings. The van der Waals surface area contributed by atoms with Gasteiger partial charge in [-0.1, -0.05) is 47.3 Å². The monoisotopic (exact) mass is 477 g/mol. The van der Waals surface area contributed by atoms with Crippen LogP contribution in [0.1, 0.15) is 0 Å². The van der Waals surface area contributed by atoms with Gasteiger partial charge in [0, 0.05) is 25.5 Å². The second-order valence-electron chi connectivity index (χ2n) is 5.19. The molecular weight excluding hydrogens is 467 g/mol. The van der Waals surface area contributed by atoms with Crippen LogP contribution in [0.15, 0.2) is 60.0 Å². The van der Waals surface area contributed by atoms with Crippen LogP contribution < -0.4 is 0 Å². The van der Waals surface area contributed by atoms with Gasteiger partial charge in [-0.3, -0.25) is 0 Å². The zero-order valence-electron chi connectivity index (χ0n) is 11.5. The maximum atomic E-state index is 4.84. The molecule has 1 radical (unpaired) electrons. The number of hydrogen-bond donors (Lipinski definition) is 0. The molecule has 0 atom stereocenters. The number of fused-ring (bicyclic) bond motifs is 3. The van der Waals surface area contributed by atoms with Gasteiger partial charge in [-0.05, 0) is 34.0 Å². The zero-order valence-corrected chi connectivity index (χ0v) is 14.7. The van der Waals surface area contributed by atoms with E-state index in [4.69, 9.17) is 4.98 Å². The van der Waals surface area contributed by atoms with Gasteiger partial charge in [0.2, 0.25) is 0 Å². The number of rotatable bonds is 1. The summed E-state index contributed by atoms with van der Waals surface area (Å²) in [6, 6.07) is 22.4. The molecule has 2 aromatic carbocycles. The Kier molecular flexibility index (Phi) is 3.23. The van der Waals surface area contributed by atoms with Crippen molar-refractivity contribution in [1.29, 1.82) is 0 Å². The van der Waals surface area contributed by atoms with Gasteiger partial charge in [-0.2, -0.15) is 12.1 Å². The molecule has 0 bridgehead atoms. The van der Waals surface area contributed by atoms with Crippen LogP contribution in [0.4, 0.5) is 0 Å². The van der Waals surface area contributed by atoms with E-state index in [0.717, 1.165) is 16.1 Å². The molecule has 4 aromatic rings. The molecule has 3 heteroatoms. The first-order valence-corrected chi connectivity index (χ1v) is 7.79. The summed E-state index contributed by atoms with van der Waals surface area (Å²) in [5, 5.41) is 3.32. The molecule has 1 aliphatic carbocycles. The maximum Gasteiger partial charge on any atom is 0.0572 e. The molecule has 0 aliphatic heterocycles. The molecule has 22 heavy (non-hydrogen) atoms. The molecule has 0 saturated heterocycles. The van der Waals surface area contributed by atoms with Crippen LogP contribution in [0.5, 0.6) is 0 Å². The van der Waals surface area contributed by atoms with Crippen LogP contribution >= 0.6 is 11.3 Å². The van der Waals surface area contributed by atoms with Crippen molar-refractivity contribution in [3.8, 4) is 32.8 Å². The van der Waals surface area contributed by atoms with E-state index >= 15 is 0 Å². The predicted molar refractivity (Wildman–Crippen MR) is 88.3 cm³/mol. The van der Waals surface area contributed by atoms with Gasteiger partial charge in [-0.15, -0.1) is 5.38 Å². The van der Waals surface area contributed by atoms with Gasteiger partial charge in [0.15, 0.2) is 0 Å². The van der Waals surface area contributed by atoms with Crippen molar-refractivity contribution in [1.82, 2.24) is 4.98 Å². The van der Waals surface area contributed by atoms with Crippen molar-refractivity contribution in [2.24, 2.45) is 0 Å². The Bertz CT molecular complexity index is 990. The Morgan fingerprint density at radius 1 is 0.864 bits per heavy atom. The first-order chi connectivity index (χ1) is 10.4. The summed E-state index contributed by atoms with van der Waals surface area (Å²) in [5.41, 5.74) is 7.30. The second kappa shape index (κ2) is 5.13. The average molecular weight is 477 g/mol. The van der Waals surface area contributed by atoms with E-state index in [2.05, 4.69) is 54.6 Å². The van der Waals surface area contributed by atoms with Gasteiger partial charge in [-0.25, -0.2) is 11.3 Å². The van der Waals surface area contributed by atoms with Crippen LogP contribution in [0, 0.1) is 6.07 Å². The van der Waals surface area contributed by atoms with Gasteiger partial charge in [0.25, 0.3) is 0 Å². The fraction of sp³-hybridized carbons (Fsp3) is 0. The van der Waals surface area contributed by atoms with E-state index in [9.17, 15) is 0 Å². The third kappa shape index (κ3) is 1.83. The van der Waals surface area contributed by atoms with Crippen molar-refractivity contribution in [3.05, 3.63) is 66.0 Å². The Hall–Kier alpha value is -1.80. The standard InChI is InChI=1S/C19H10NS.Ir/c1-2-6-13-12(5-1)14-7-3-8-16-19(14)15(13)11-17(20-16)18-9-4-10-21-18;/h1-8,10-11H;/q-1;. The van der Waals surface area contributed by atoms with E-state index in [1.807, 2.05) is 11.4 Å². The summed E-state index contributed by atoms with van der Waals surface area (Å²) in [7, 11) is 0. The van der Waals surface area contributed by atoms with Crippen molar-refractivity contribution in [2.45, 2.75) is 0 Å². The van der Waals surface area contributed by atoms with Crippen LogP contribution in [-0.4, -0.2) is 4.98 Å². The molecule has 0 amide bonds. The Morgan fingerprint density at radius 3 is 2.41 bits per heavy atom. The minimum Gasteiger partial charge on any atom is -0.310 e. The number of benzene rings is 2. The molecule has 1 nitrogen and oxygen atoms in total. The van der Waals surface area contributed by atoms with Crippen LogP contribution in [-0.2, 0) is 20.1 Å². The topological polar surface area (TPSA) is 12.9 Å². The smallest absolute Gasteiger partial charge is 0.0572 e. The molecular formula is C19H10IrNS-. The van der Waals surface area contributed by atoms with Crippen LogP contribution in [0.25, 0.3) is 43.7 Å². The molecule has 0 N–H and O–H groups in total. The third-order valence-electron chi connectivity index (χ3n) is 4.04. The third-order valence-corrected chi connectivity index (χ3v) is 4.88. The van der Waals surface area contributed by atoms with E-state index in [-0.39, 0.29) is 20.1 Å². The van der Waals surface area contributed by atoms with Gasteiger partial charge >= 0.3 is 0 Å². The number of pyridine rings is 1.